The van der Waals surface area contributed by atoms with Gasteiger partial charge in [-0.25, -0.2) is 0 Å². The zero-order valence-corrected chi connectivity index (χ0v) is 8.30. The molecule has 0 aliphatic heterocycles. The lowest BCUT2D eigenvalue weighted by Crippen LogP contribution is -2.44. The van der Waals surface area contributed by atoms with Crippen molar-refractivity contribution >= 4 is 0 Å². The van der Waals surface area contributed by atoms with Crippen molar-refractivity contribution in [2.24, 2.45) is 0 Å². The summed E-state index contributed by atoms with van der Waals surface area (Å²) in [5, 5.41) is 18.2. The number of rotatable bonds is 1. The topological polar surface area (TPSA) is 49.7 Å². The zero-order valence-electron chi connectivity index (χ0n) is 8.30. The number of hydrogen-bond acceptors (Lipinski definition) is 3. The van der Waals surface area contributed by atoms with Gasteiger partial charge in [0, 0.05) is 14.2 Å². The minimum absolute atomic E-state index is 1.01. The lowest BCUT2D eigenvalue weighted by molar-refractivity contribution is -0.107. The van der Waals surface area contributed by atoms with E-state index in [0.29, 0.717) is 0 Å². The molecule has 3 nitrogen and oxygen atoms in total. The Labute approximate surface area is 69.0 Å². The van der Waals surface area contributed by atoms with Gasteiger partial charge in [-0.05, 0) is 27.7 Å². The predicted octanol–water partition coefficient (Wildman–Crippen LogP) is 0.791. The molecule has 0 aromatic heterocycles. The molecule has 0 heterocycles. The summed E-state index contributed by atoms with van der Waals surface area (Å²) in [7, 11) is 3.25. The summed E-state index contributed by atoms with van der Waals surface area (Å²) in [6.07, 6.45) is 0. The summed E-state index contributed by atoms with van der Waals surface area (Å²) in [5.41, 5.74) is -2.01. The van der Waals surface area contributed by atoms with Crippen LogP contribution in [0.1, 0.15) is 27.7 Å². The normalized spacial score (nSPS) is 12.0. The van der Waals surface area contributed by atoms with E-state index in [1.54, 1.807) is 41.9 Å². The van der Waals surface area contributed by atoms with E-state index in [1.807, 2.05) is 0 Å². The fourth-order valence-corrected chi connectivity index (χ4v) is 0. The Morgan fingerprint density at radius 2 is 0.909 bits per heavy atom. The quantitative estimate of drug-likeness (QED) is 0.602. The van der Waals surface area contributed by atoms with Crippen LogP contribution in [0, 0.1) is 0 Å². The Balaban J connectivity index is 0. The molecular formula is C8H20O3. The van der Waals surface area contributed by atoms with E-state index < -0.39 is 11.2 Å². The average Bonchev–Trinajstić information content (AvgIpc) is 1.60. The van der Waals surface area contributed by atoms with Crippen molar-refractivity contribution < 1.29 is 14.9 Å². The summed E-state index contributed by atoms with van der Waals surface area (Å²) in [6, 6.07) is 0. The molecule has 11 heavy (non-hydrogen) atoms. The van der Waals surface area contributed by atoms with Gasteiger partial charge >= 0.3 is 0 Å². The van der Waals surface area contributed by atoms with Gasteiger partial charge in [0.2, 0.25) is 0 Å². The molecule has 70 valence electrons. The molecule has 0 radical (unpaired) electrons. The van der Waals surface area contributed by atoms with Crippen molar-refractivity contribution in [2.75, 3.05) is 14.2 Å². The molecule has 0 saturated carbocycles. The van der Waals surface area contributed by atoms with Crippen molar-refractivity contribution in [2.45, 2.75) is 38.9 Å². The maximum atomic E-state index is 9.10. The summed E-state index contributed by atoms with van der Waals surface area (Å²) in [5.74, 6) is 0. The van der Waals surface area contributed by atoms with E-state index in [0.717, 1.165) is 0 Å². The van der Waals surface area contributed by atoms with Crippen molar-refractivity contribution in [3.05, 3.63) is 0 Å². The number of methoxy groups -OCH3 is 1. The van der Waals surface area contributed by atoms with Gasteiger partial charge in [-0.3, -0.25) is 0 Å². The fourth-order valence-electron chi connectivity index (χ4n) is 0. The monoisotopic (exact) mass is 164 g/mol. The van der Waals surface area contributed by atoms with Crippen molar-refractivity contribution in [1.82, 2.24) is 0 Å². The standard InChI is InChI=1S/C6H14O2.C2H6O/c1-5(2,7)6(3,4)8;1-3-2/h7-8H,1-4H3;1-2H3. The summed E-state index contributed by atoms with van der Waals surface area (Å²) >= 11 is 0. The maximum absolute atomic E-state index is 9.10. The van der Waals surface area contributed by atoms with Gasteiger partial charge in [-0.1, -0.05) is 0 Å². The maximum Gasteiger partial charge on any atom is 0.0872 e. The molecule has 0 spiro atoms. The second-order valence-electron chi connectivity index (χ2n) is 3.53. The molecule has 0 rings (SSSR count). The molecule has 0 aromatic rings. The molecule has 0 unspecified atom stereocenters. The number of aliphatic hydroxyl groups is 2. The van der Waals surface area contributed by atoms with E-state index in [9.17, 15) is 0 Å². The first-order valence-electron chi connectivity index (χ1n) is 3.51. The van der Waals surface area contributed by atoms with Gasteiger partial charge in [0.25, 0.3) is 0 Å². The van der Waals surface area contributed by atoms with Crippen LogP contribution in [-0.4, -0.2) is 35.6 Å². The van der Waals surface area contributed by atoms with Gasteiger partial charge in [0.1, 0.15) is 0 Å². The third-order valence-electron chi connectivity index (χ3n) is 1.50. The van der Waals surface area contributed by atoms with Crippen LogP contribution in [0.25, 0.3) is 0 Å². The van der Waals surface area contributed by atoms with E-state index in [1.165, 1.54) is 0 Å². The van der Waals surface area contributed by atoms with Crippen LogP contribution in [0.4, 0.5) is 0 Å². The molecule has 0 aliphatic rings. The Hall–Kier alpha value is -0.120. The van der Waals surface area contributed by atoms with Crippen LogP contribution in [0.2, 0.25) is 0 Å². The smallest absolute Gasteiger partial charge is 0.0872 e. The number of hydrogen-bond donors (Lipinski definition) is 2. The van der Waals surface area contributed by atoms with Gasteiger partial charge < -0.3 is 14.9 Å². The molecule has 0 aliphatic carbocycles. The highest BCUT2D eigenvalue weighted by atomic mass is 16.4. The largest absolute Gasteiger partial charge is 0.388 e. The first-order valence-corrected chi connectivity index (χ1v) is 3.51. The first kappa shape index (κ1) is 13.5. The van der Waals surface area contributed by atoms with Crippen LogP contribution < -0.4 is 0 Å². The second kappa shape index (κ2) is 4.70. The van der Waals surface area contributed by atoms with Crippen molar-refractivity contribution in [1.29, 1.82) is 0 Å². The molecule has 0 bridgehead atoms. The van der Waals surface area contributed by atoms with Crippen LogP contribution in [-0.2, 0) is 4.74 Å². The van der Waals surface area contributed by atoms with Gasteiger partial charge in [0.05, 0.1) is 11.2 Å². The fraction of sp³-hybridized carbons (Fsp3) is 1.00. The molecule has 0 saturated heterocycles. The van der Waals surface area contributed by atoms with E-state index >= 15 is 0 Å². The average molecular weight is 164 g/mol. The van der Waals surface area contributed by atoms with Crippen LogP contribution >= 0.6 is 0 Å². The molecule has 0 fully saturated rings. The second-order valence-corrected chi connectivity index (χ2v) is 3.53. The molecule has 0 amide bonds. The van der Waals surface area contributed by atoms with Gasteiger partial charge in [-0.2, -0.15) is 0 Å². The zero-order chi connectivity index (χ0) is 9.71. The molecule has 0 atom stereocenters. The molecule has 3 heteroatoms. The lowest BCUT2D eigenvalue weighted by Gasteiger charge is -2.31. The van der Waals surface area contributed by atoms with Crippen LogP contribution in [0.15, 0.2) is 0 Å². The Morgan fingerprint density at radius 1 is 0.818 bits per heavy atom. The van der Waals surface area contributed by atoms with E-state index in [2.05, 4.69) is 4.74 Å². The minimum Gasteiger partial charge on any atom is -0.388 e. The Morgan fingerprint density at radius 3 is 0.909 bits per heavy atom. The van der Waals surface area contributed by atoms with E-state index in [-0.39, 0.29) is 0 Å². The highest BCUT2D eigenvalue weighted by Crippen LogP contribution is 2.19. The van der Waals surface area contributed by atoms with Crippen molar-refractivity contribution in [3.63, 3.8) is 0 Å². The third kappa shape index (κ3) is 7.78. The summed E-state index contributed by atoms with van der Waals surface area (Å²) in [4.78, 5) is 0. The lowest BCUT2D eigenvalue weighted by atomic mass is 9.90. The minimum atomic E-state index is -1.01. The highest BCUT2D eigenvalue weighted by molar-refractivity contribution is 4.84. The first-order chi connectivity index (χ1) is 4.66. The van der Waals surface area contributed by atoms with Crippen LogP contribution in [0.5, 0.6) is 0 Å². The molecular weight excluding hydrogens is 144 g/mol. The molecule has 2 N–H and O–H groups in total. The SMILES string of the molecule is CC(C)(O)C(C)(C)O.COC. The Kier molecular flexibility index (Phi) is 5.75. The summed E-state index contributed by atoms with van der Waals surface area (Å²) < 4.78 is 4.25. The van der Waals surface area contributed by atoms with Gasteiger partial charge in [0.15, 0.2) is 0 Å². The van der Waals surface area contributed by atoms with Crippen molar-refractivity contribution in [3.8, 4) is 0 Å². The highest BCUT2D eigenvalue weighted by Gasteiger charge is 2.31. The third-order valence-corrected chi connectivity index (χ3v) is 1.50. The summed E-state index contributed by atoms with van der Waals surface area (Å²) in [6.45, 7) is 6.31. The molecule has 0 aromatic carbocycles. The predicted molar refractivity (Wildman–Crippen MR) is 45.5 cm³/mol. The van der Waals surface area contributed by atoms with E-state index in [4.69, 9.17) is 10.2 Å². The van der Waals surface area contributed by atoms with Gasteiger partial charge in [-0.15, -0.1) is 0 Å². The Bertz CT molecular complexity index is 74.5. The number of ether oxygens (including phenoxy) is 1. The van der Waals surface area contributed by atoms with Crippen LogP contribution in [0.3, 0.4) is 0 Å².